The number of carbonyl (C=O) groups is 1. The van der Waals surface area contributed by atoms with Crippen molar-refractivity contribution in [1.82, 2.24) is 10.2 Å². The number of aliphatic hydroxyl groups is 1. The number of H-pyrrole nitrogens is 1. The molecule has 0 atom stereocenters. The summed E-state index contributed by atoms with van der Waals surface area (Å²) < 4.78 is 4.78. The number of carbonyl (C=O) groups excluding carboxylic acids is 1. The van der Waals surface area contributed by atoms with E-state index >= 15 is 0 Å². The SMILES string of the molecule is O=C(OCCO)c1ccc2[nH]ncc2c1. The molecule has 2 N–H and O–H groups in total. The molecule has 0 aliphatic heterocycles. The number of aromatic nitrogens is 2. The molecule has 15 heavy (non-hydrogen) atoms. The summed E-state index contributed by atoms with van der Waals surface area (Å²) in [6.45, 7) is -0.151. The lowest BCUT2D eigenvalue weighted by Crippen LogP contribution is -2.08. The zero-order valence-electron chi connectivity index (χ0n) is 7.93. The first-order chi connectivity index (χ1) is 7.31. The Balaban J connectivity index is 2.23. The summed E-state index contributed by atoms with van der Waals surface area (Å²) in [5.74, 6) is -0.438. The van der Waals surface area contributed by atoms with Gasteiger partial charge in [-0.05, 0) is 18.2 Å². The first-order valence-electron chi connectivity index (χ1n) is 4.52. The van der Waals surface area contributed by atoms with Gasteiger partial charge in [0.05, 0.1) is 23.9 Å². The summed E-state index contributed by atoms with van der Waals surface area (Å²) in [6.07, 6.45) is 1.64. The van der Waals surface area contributed by atoms with Gasteiger partial charge in [0.2, 0.25) is 0 Å². The normalized spacial score (nSPS) is 10.5. The van der Waals surface area contributed by atoms with Crippen LogP contribution in [0.5, 0.6) is 0 Å². The average Bonchev–Trinajstić information content (AvgIpc) is 2.72. The third-order valence-electron chi connectivity index (χ3n) is 2.00. The van der Waals surface area contributed by atoms with Crippen molar-refractivity contribution in [3.8, 4) is 0 Å². The zero-order chi connectivity index (χ0) is 10.7. The number of rotatable bonds is 3. The maximum atomic E-state index is 11.4. The Morgan fingerprint density at radius 2 is 2.40 bits per heavy atom. The van der Waals surface area contributed by atoms with Crippen molar-refractivity contribution in [1.29, 1.82) is 0 Å². The molecular weight excluding hydrogens is 196 g/mol. The number of nitrogens with one attached hydrogen (secondary N) is 1. The fourth-order valence-electron chi connectivity index (χ4n) is 1.29. The van der Waals surface area contributed by atoms with Gasteiger partial charge in [0.25, 0.3) is 0 Å². The van der Waals surface area contributed by atoms with Gasteiger partial charge in [-0.25, -0.2) is 4.79 Å². The van der Waals surface area contributed by atoms with Crippen LogP contribution in [0.25, 0.3) is 10.9 Å². The standard InChI is InChI=1S/C10H10N2O3/c13-3-4-15-10(14)7-1-2-9-8(5-7)6-11-12-9/h1-2,5-6,13H,3-4H2,(H,11,12). The highest BCUT2D eigenvalue weighted by Crippen LogP contribution is 2.13. The number of ether oxygens (including phenoxy) is 1. The molecule has 78 valence electrons. The van der Waals surface area contributed by atoms with E-state index in [9.17, 15) is 4.79 Å². The van der Waals surface area contributed by atoms with Crippen LogP contribution in [-0.2, 0) is 4.74 Å². The van der Waals surface area contributed by atoms with Crippen LogP contribution in [-0.4, -0.2) is 34.5 Å². The lowest BCUT2D eigenvalue weighted by molar-refractivity contribution is 0.0434. The van der Waals surface area contributed by atoms with Crippen LogP contribution in [0.3, 0.4) is 0 Å². The second-order valence-electron chi connectivity index (χ2n) is 3.03. The molecule has 0 saturated heterocycles. The van der Waals surface area contributed by atoms with Crippen molar-refractivity contribution in [2.75, 3.05) is 13.2 Å². The quantitative estimate of drug-likeness (QED) is 0.725. The van der Waals surface area contributed by atoms with Gasteiger partial charge in [0, 0.05) is 5.39 Å². The number of aromatic amines is 1. The predicted molar refractivity (Wildman–Crippen MR) is 53.5 cm³/mol. The molecule has 0 spiro atoms. The molecule has 0 unspecified atom stereocenters. The van der Waals surface area contributed by atoms with E-state index in [1.807, 2.05) is 0 Å². The van der Waals surface area contributed by atoms with Crippen molar-refractivity contribution in [2.45, 2.75) is 0 Å². The second-order valence-corrected chi connectivity index (χ2v) is 3.03. The third-order valence-corrected chi connectivity index (χ3v) is 2.00. The fraction of sp³-hybridized carbons (Fsp3) is 0.200. The molecule has 0 aliphatic carbocycles. The van der Waals surface area contributed by atoms with E-state index in [1.165, 1.54) is 0 Å². The summed E-state index contributed by atoms with van der Waals surface area (Å²) in [6, 6.07) is 5.11. The molecular formula is C10H10N2O3. The smallest absolute Gasteiger partial charge is 0.338 e. The molecule has 0 radical (unpaired) electrons. The molecule has 0 bridgehead atoms. The number of aliphatic hydroxyl groups excluding tert-OH is 1. The Bertz CT molecular complexity index is 478. The molecule has 2 rings (SSSR count). The van der Waals surface area contributed by atoms with E-state index in [0.29, 0.717) is 5.56 Å². The van der Waals surface area contributed by atoms with Crippen molar-refractivity contribution in [2.24, 2.45) is 0 Å². The Morgan fingerprint density at radius 1 is 1.53 bits per heavy atom. The van der Waals surface area contributed by atoms with E-state index in [2.05, 4.69) is 10.2 Å². The molecule has 5 nitrogen and oxygen atoms in total. The molecule has 0 saturated carbocycles. The van der Waals surface area contributed by atoms with Crippen molar-refractivity contribution >= 4 is 16.9 Å². The maximum Gasteiger partial charge on any atom is 0.338 e. The lowest BCUT2D eigenvalue weighted by Gasteiger charge is -2.02. The molecule has 0 fully saturated rings. The van der Waals surface area contributed by atoms with Crippen LogP contribution in [0, 0.1) is 0 Å². The largest absolute Gasteiger partial charge is 0.460 e. The first-order valence-corrected chi connectivity index (χ1v) is 4.52. The van der Waals surface area contributed by atoms with Gasteiger partial charge < -0.3 is 9.84 Å². The number of esters is 1. The van der Waals surface area contributed by atoms with Crippen LogP contribution in [0.15, 0.2) is 24.4 Å². The van der Waals surface area contributed by atoms with Crippen LogP contribution < -0.4 is 0 Å². The van der Waals surface area contributed by atoms with E-state index in [0.717, 1.165) is 10.9 Å². The number of hydrogen-bond acceptors (Lipinski definition) is 4. The monoisotopic (exact) mass is 206 g/mol. The number of fused-ring (bicyclic) bond motifs is 1. The van der Waals surface area contributed by atoms with Crippen LogP contribution >= 0.6 is 0 Å². The van der Waals surface area contributed by atoms with E-state index in [-0.39, 0.29) is 13.2 Å². The van der Waals surface area contributed by atoms with Crippen molar-refractivity contribution < 1.29 is 14.6 Å². The molecule has 2 aromatic rings. The van der Waals surface area contributed by atoms with Gasteiger partial charge >= 0.3 is 5.97 Å². The fourth-order valence-corrected chi connectivity index (χ4v) is 1.29. The van der Waals surface area contributed by atoms with E-state index in [1.54, 1.807) is 24.4 Å². The number of nitrogens with zero attached hydrogens (tertiary/aromatic N) is 1. The molecule has 5 heteroatoms. The Hall–Kier alpha value is -1.88. The molecule has 1 aromatic carbocycles. The molecule has 1 aromatic heterocycles. The van der Waals surface area contributed by atoms with Crippen LogP contribution in [0.1, 0.15) is 10.4 Å². The van der Waals surface area contributed by atoms with Gasteiger partial charge in [0.15, 0.2) is 0 Å². The maximum absolute atomic E-state index is 11.4. The zero-order valence-corrected chi connectivity index (χ0v) is 7.93. The van der Waals surface area contributed by atoms with Gasteiger partial charge in [-0.2, -0.15) is 5.10 Å². The molecule has 0 aliphatic rings. The summed E-state index contributed by atoms with van der Waals surface area (Å²) in [7, 11) is 0. The van der Waals surface area contributed by atoms with E-state index in [4.69, 9.17) is 9.84 Å². The number of hydrogen-bond donors (Lipinski definition) is 2. The molecule has 0 amide bonds. The minimum absolute atomic E-state index is 0.0161. The van der Waals surface area contributed by atoms with Crippen LogP contribution in [0.2, 0.25) is 0 Å². The Kier molecular flexibility index (Phi) is 2.64. The van der Waals surface area contributed by atoms with Gasteiger partial charge in [-0.1, -0.05) is 0 Å². The third kappa shape index (κ3) is 1.97. The minimum atomic E-state index is -0.438. The Morgan fingerprint density at radius 3 is 3.20 bits per heavy atom. The highest BCUT2D eigenvalue weighted by atomic mass is 16.5. The lowest BCUT2D eigenvalue weighted by atomic mass is 10.2. The predicted octanol–water partition coefficient (Wildman–Crippen LogP) is 0.712. The molecule has 1 heterocycles. The summed E-state index contributed by atoms with van der Waals surface area (Å²) in [5, 5.41) is 16.0. The summed E-state index contributed by atoms with van der Waals surface area (Å²) in [5.41, 5.74) is 1.33. The van der Waals surface area contributed by atoms with Gasteiger partial charge in [-0.3, -0.25) is 5.10 Å². The highest BCUT2D eigenvalue weighted by molar-refractivity contribution is 5.94. The Labute approximate surface area is 85.7 Å². The first kappa shape index (κ1) is 9.67. The second kappa shape index (κ2) is 4.10. The van der Waals surface area contributed by atoms with E-state index < -0.39 is 5.97 Å². The highest BCUT2D eigenvalue weighted by Gasteiger charge is 2.07. The average molecular weight is 206 g/mol. The van der Waals surface area contributed by atoms with Gasteiger partial charge in [-0.15, -0.1) is 0 Å². The van der Waals surface area contributed by atoms with Crippen molar-refractivity contribution in [3.05, 3.63) is 30.0 Å². The summed E-state index contributed by atoms with van der Waals surface area (Å²) >= 11 is 0. The topological polar surface area (TPSA) is 75.2 Å². The summed E-state index contributed by atoms with van der Waals surface area (Å²) in [4.78, 5) is 11.4. The van der Waals surface area contributed by atoms with Crippen LogP contribution in [0.4, 0.5) is 0 Å². The number of benzene rings is 1. The minimum Gasteiger partial charge on any atom is -0.460 e. The van der Waals surface area contributed by atoms with Gasteiger partial charge in [0.1, 0.15) is 6.61 Å². The van der Waals surface area contributed by atoms with Crippen molar-refractivity contribution in [3.63, 3.8) is 0 Å².